The van der Waals surface area contributed by atoms with Gasteiger partial charge in [-0.1, -0.05) is 25.9 Å². The van der Waals surface area contributed by atoms with Gasteiger partial charge in [0.25, 0.3) is 0 Å². The Balaban J connectivity index is 2.07. The summed E-state index contributed by atoms with van der Waals surface area (Å²) in [6.07, 6.45) is 0.259. The van der Waals surface area contributed by atoms with Crippen molar-refractivity contribution in [2.45, 2.75) is 58.9 Å². The lowest BCUT2D eigenvalue weighted by molar-refractivity contribution is -0.129. The molecule has 0 spiro atoms. The molecule has 23 heavy (non-hydrogen) atoms. The topological polar surface area (TPSA) is 88.3 Å². The van der Waals surface area contributed by atoms with Crippen LogP contribution in [0.3, 0.4) is 0 Å². The molecule has 1 aliphatic rings. The monoisotopic (exact) mass is 322 g/mol. The maximum atomic E-state index is 12.5. The summed E-state index contributed by atoms with van der Waals surface area (Å²) in [5.74, 6) is 0.521. The van der Waals surface area contributed by atoms with Crippen LogP contribution in [0.25, 0.3) is 0 Å². The first-order valence-corrected chi connectivity index (χ1v) is 7.99. The van der Waals surface area contributed by atoms with Crippen LogP contribution in [0.4, 0.5) is 0 Å². The van der Waals surface area contributed by atoms with Gasteiger partial charge in [0.05, 0.1) is 11.5 Å². The van der Waals surface area contributed by atoms with Crippen LogP contribution in [0.2, 0.25) is 0 Å². The summed E-state index contributed by atoms with van der Waals surface area (Å²) in [6, 6.07) is 0. The van der Waals surface area contributed by atoms with Crippen LogP contribution < -0.4 is 5.32 Å². The third-order valence-corrected chi connectivity index (χ3v) is 4.03. The Kier molecular flexibility index (Phi) is 4.50. The lowest BCUT2D eigenvalue weighted by atomic mass is 9.96. The van der Waals surface area contributed by atoms with E-state index < -0.39 is 5.54 Å². The summed E-state index contributed by atoms with van der Waals surface area (Å²) in [5, 5.41) is 6.94. The zero-order valence-electron chi connectivity index (χ0n) is 14.8. The Hall–Kier alpha value is -1.92. The first-order valence-electron chi connectivity index (χ1n) is 7.99. The summed E-state index contributed by atoms with van der Waals surface area (Å²) >= 11 is 0. The third-order valence-electron chi connectivity index (χ3n) is 4.03. The third kappa shape index (κ3) is 3.71. The second kappa shape index (κ2) is 5.94. The van der Waals surface area contributed by atoms with E-state index in [1.165, 1.54) is 0 Å². The first kappa shape index (κ1) is 17.4. The molecular formula is C16H26N4O3. The smallest absolute Gasteiger partial charge is 0.232 e. The number of hydrogen-bond acceptors (Lipinski definition) is 5. The fourth-order valence-electron chi connectivity index (χ4n) is 2.50. The summed E-state index contributed by atoms with van der Waals surface area (Å²) in [7, 11) is 0. The van der Waals surface area contributed by atoms with E-state index in [-0.39, 0.29) is 29.6 Å². The van der Waals surface area contributed by atoms with Crippen LogP contribution in [0.5, 0.6) is 0 Å². The molecule has 128 valence electrons. The van der Waals surface area contributed by atoms with Crippen molar-refractivity contribution < 1.29 is 14.1 Å². The average molecular weight is 322 g/mol. The summed E-state index contributed by atoms with van der Waals surface area (Å²) in [4.78, 5) is 30.4. The number of amides is 2. The molecule has 2 rings (SSSR count). The molecule has 7 heteroatoms. The largest absolute Gasteiger partial charge is 0.343 e. The van der Waals surface area contributed by atoms with Crippen molar-refractivity contribution in [3.05, 3.63) is 11.7 Å². The van der Waals surface area contributed by atoms with E-state index in [0.29, 0.717) is 24.8 Å². The lowest BCUT2D eigenvalue weighted by Gasteiger charge is -2.24. The molecule has 0 unspecified atom stereocenters. The van der Waals surface area contributed by atoms with Crippen molar-refractivity contribution >= 4 is 11.8 Å². The van der Waals surface area contributed by atoms with E-state index in [4.69, 9.17) is 4.52 Å². The number of aromatic nitrogens is 2. The molecule has 2 amide bonds. The Morgan fingerprint density at radius 3 is 2.48 bits per heavy atom. The second-order valence-corrected chi connectivity index (χ2v) is 7.62. The standard InChI is InChI=1S/C16H26N4O3/c1-7-20-9-10(8-11(20)21)12(22)18-16(5,6)13-17-14(23-19-13)15(2,3)4/h10H,7-9H2,1-6H3,(H,18,22)/t10-/m1/s1. The number of nitrogens with zero attached hydrogens (tertiary/aromatic N) is 3. The van der Waals surface area contributed by atoms with Crippen molar-refractivity contribution in [2.75, 3.05) is 13.1 Å². The maximum Gasteiger partial charge on any atom is 0.232 e. The van der Waals surface area contributed by atoms with Crippen LogP contribution in [0.1, 0.15) is 59.7 Å². The SMILES string of the molecule is CCN1C[C@H](C(=O)NC(C)(C)c2noc(C(C)(C)C)n2)CC1=O. The zero-order valence-corrected chi connectivity index (χ0v) is 14.8. The number of carbonyl (C=O) groups is 2. The quantitative estimate of drug-likeness (QED) is 0.909. The van der Waals surface area contributed by atoms with E-state index in [1.54, 1.807) is 4.90 Å². The minimum Gasteiger partial charge on any atom is -0.343 e. The molecule has 2 heterocycles. The molecule has 1 atom stereocenters. The fourth-order valence-corrected chi connectivity index (χ4v) is 2.50. The number of rotatable bonds is 4. The van der Waals surface area contributed by atoms with Crippen molar-refractivity contribution in [1.82, 2.24) is 20.4 Å². The second-order valence-electron chi connectivity index (χ2n) is 7.62. The molecule has 1 aliphatic heterocycles. The molecule has 0 aromatic carbocycles. The summed E-state index contributed by atoms with van der Waals surface area (Å²) < 4.78 is 5.30. The molecule has 1 N–H and O–H groups in total. The van der Waals surface area contributed by atoms with Crippen LogP contribution in [0, 0.1) is 5.92 Å². The van der Waals surface area contributed by atoms with Gasteiger partial charge in [0.15, 0.2) is 5.82 Å². The van der Waals surface area contributed by atoms with Crippen LogP contribution in [-0.2, 0) is 20.5 Å². The van der Waals surface area contributed by atoms with Crippen molar-refractivity contribution in [3.63, 3.8) is 0 Å². The van der Waals surface area contributed by atoms with Crippen molar-refractivity contribution in [1.29, 1.82) is 0 Å². The molecule has 1 aromatic rings. The maximum absolute atomic E-state index is 12.5. The molecule has 0 bridgehead atoms. The molecule has 0 radical (unpaired) electrons. The molecule has 0 saturated carbocycles. The van der Waals surface area contributed by atoms with Gasteiger partial charge in [-0.3, -0.25) is 9.59 Å². The van der Waals surface area contributed by atoms with Crippen molar-refractivity contribution in [2.24, 2.45) is 5.92 Å². The van der Waals surface area contributed by atoms with Gasteiger partial charge in [0.2, 0.25) is 17.7 Å². The van der Waals surface area contributed by atoms with Crippen LogP contribution in [0.15, 0.2) is 4.52 Å². The first-order chi connectivity index (χ1) is 10.5. The highest BCUT2D eigenvalue weighted by Crippen LogP contribution is 2.25. The van der Waals surface area contributed by atoms with E-state index in [1.807, 2.05) is 41.5 Å². The van der Waals surface area contributed by atoms with Gasteiger partial charge in [-0.15, -0.1) is 0 Å². The highest BCUT2D eigenvalue weighted by atomic mass is 16.5. The molecule has 1 saturated heterocycles. The van der Waals surface area contributed by atoms with Gasteiger partial charge in [0, 0.05) is 24.9 Å². The normalized spacial score (nSPS) is 19.3. The van der Waals surface area contributed by atoms with Gasteiger partial charge in [-0.2, -0.15) is 4.98 Å². The predicted molar refractivity (Wildman–Crippen MR) is 84.5 cm³/mol. The molecular weight excluding hydrogens is 296 g/mol. The molecule has 1 fully saturated rings. The number of nitrogens with one attached hydrogen (secondary N) is 1. The predicted octanol–water partition coefficient (Wildman–Crippen LogP) is 1.59. The van der Waals surface area contributed by atoms with E-state index in [0.717, 1.165) is 0 Å². The van der Waals surface area contributed by atoms with Gasteiger partial charge in [-0.05, 0) is 20.8 Å². The molecule has 0 aliphatic carbocycles. The van der Waals surface area contributed by atoms with Gasteiger partial charge < -0.3 is 14.7 Å². The summed E-state index contributed by atoms with van der Waals surface area (Å²) in [6.45, 7) is 12.6. The van der Waals surface area contributed by atoms with Gasteiger partial charge in [-0.25, -0.2) is 0 Å². The lowest BCUT2D eigenvalue weighted by Crippen LogP contribution is -2.45. The Bertz CT molecular complexity index is 601. The van der Waals surface area contributed by atoms with E-state index in [2.05, 4.69) is 15.5 Å². The molecule has 1 aromatic heterocycles. The average Bonchev–Trinajstić information content (AvgIpc) is 3.04. The Morgan fingerprint density at radius 1 is 1.35 bits per heavy atom. The van der Waals surface area contributed by atoms with Crippen molar-refractivity contribution in [3.8, 4) is 0 Å². The van der Waals surface area contributed by atoms with Gasteiger partial charge in [0.1, 0.15) is 0 Å². The highest BCUT2D eigenvalue weighted by Gasteiger charge is 2.37. The zero-order chi connectivity index (χ0) is 17.4. The molecule has 7 nitrogen and oxygen atoms in total. The van der Waals surface area contributed by atoms with Gasteiger partial charge >= 0.3 is 0 Å². The minimum absolute atomic E-state index is 0.0278. The highest BCUT2D eigenvalue weighted by molar-refractivity contribution is 5.89. The summed E-state index contributed by atoms with van der Waals surface area (Å²) in [5.41, 5.74) is -1.00. The minimum atomic E-state index is -0.757. The van der Waals surface area contributed by atoms with E-state index >= 15 is 0 Å². The Labute approximate surface area is 136 Å². The van der Waals surface area contributed by atoms with Crippen LogP contribution >= 0.6 is 0 Å². The number of hydrogen-bond donors (Lipinski definition) is 1. The Morgan fingerprint density at radius 2 is 2.00 bits per heavy atom. The fraction of sp³-hybridized carbons (Fsp3) is 0.750. The number of likely N-dealkylation sites (tertiary alicyclic amines) is 1. The van der Waals surface area contributed by atoms with E-state index in [9.17, 15) is 9.59 Å². The van der Waals surface area contributed by atoms with Crippen LogP contribution in [-0.4, -0.2) is 39.9 Å². The number of carbonyl (C=O) groups excluding carboxylic acids is 2.